The molecule has 0 aliphatic carbocycles. The van der Waals surface area contributed by atoms with Crippen LogP contribution >= 0.6 is 0 Å². The average molecular weight is 200 g/mol. The lowest BCUT2D eigenvalue weighted by Gasteiger charge is -2.08. The average Bonchev–Trinajstić information content (AvgIpc) is 2.16. The summed E-state index contributed by atoms with van der Waals surface area (Å²) in [6, 6.07) is 5.48. The van der Waals surface area contributed by atoms with Crippen molar-refractivity contribution < 1.29 is 18.7 Å². The maximum atomic E-state index is 12.3. The van der Waals surface area contributed by atoms with E-state index in [0.717, 1.165) is 0 Å². The molecular formula is C10H10F2O2. The molecule has 0 bridgehead atoms. The van der Waals surface area contributed by atoms with E-state index in [0.29, 0.717) is 5.56 Å². The molecule has 4 heteroatoms. The van der Waals surface area contributed by atoms with E-state index in [4.69, 9.17) is 5.11 Å². The molecule has 1 atom stereocenters. The van der Waals surface area contributed by atoms with Gasteiger partial charge in [-0.05, 0) is 18.6 Å². The molecule has 0 saturated carbocycles. The lowest BCUT2D eigenvalue weighted by molar-refractivity contribution is -0.138. The van der Waals surface area contributed by atoms with Gasteiger partial charge in [-0.3, -0.25) is 4.79 Å². The van der Waals surface area contributed by atoms with E-state index in [-0.39, 0.29) is 5.56 Å². The topological polar surface area (TPSA) is 37.3 Å². The molecule has 0 saturated heterocycles. The molecule has 0 spiro atoms. The van der Waals surface area contributed by atoms with Crippen molar-refractivity contribution in [1.82, 2.24) is 0 Å². The molecule has 14 heavy (non-hydrogen) atoms. The Morgan fingerprint density at radius 3 is 2.43 bits per heavy atom. The lowest BCUT2D eigenvalue weighted by Crippen LogP contribution is -2.07. The highest BCUT2D eigenvalue weighted by molar-refractivity contribution is 5.75. The second-order valence-electron chi connectivity index (χ2n) is 3.03. The number of carboxylic acid groups (broad SMARTS) is 1. The summed E-state index contributed by atoms with van der Waals surface area (Å²) < 4.78 is 24.5. The highest BCUT2D eigenvalue weighted by Crippen LogP contribution is 2.23. The van der Waals surface area contributed by atoms with Crippen LogP contribution in [-0.2, 0) is 4.79 Å². The number of benzene rings is 1. The first-order chi connectivity index (χ1) is 6.52. The van der Waals surface area contributed by atoms with Gasteiger partial charge in [0.25, 0.3) is 6.43 Å². The highest BCUT2D eigenvalue weighted by atomic mass is 19.3. The van der Waals surface area contributed by atoms with E-state index >= 15 is 0 Å². The molecule has 0 aromatic heterocycles. The van der Waals surface area contributed by atoms with E-state index in [1.807, 2.05) is 0 Å². The Balaban J connectivity index is 2.99. The predicted octanol–water partition coefficient (Wildman–Crippen LogP) is 2.81. The zero-order valence-electron chi connectivity index (χ0n) is 7.58. The summed E-state index contributed by atoms with van der Waals surface area (Å²) in [6.07, 6.45) is -2.56. The number of alkyl halides is 2. The van der Waals surface area contributed by atoms with Gasteiger partial charge in [0, 0.05) is 5.56 Å². The van der Waals surface area contributed by atoms with Gasteiger partial charge in [-0.25, -0.2) is 8.78 Å². The van der Waals surface area contributed by atoms with Gasteiger partial charge in [0.1, 0.15) is 0 Å². The summed E-state index contributed by atoms with van der Waals surface area (Å²) in [5.74, 6) is -1.77. The van der Waals surface area contributed by atoms with Crippen molar-refractivity contribution in [3.63, 3.8) is 0 Å². The maximum absolute atomic E-state index is 12.3. The molecule has 76 valence electrons. The molecule has 0 unspecified atom stereocenters. The van der Waals surface area contributed by atoms with E-state index in [9.17, 15) is 13.6 Å². The molecule has 0 amide bonds. The molecule has 1 N–H and O–H groups in total. The summed E-state index contributed by atoms with van der Waals surface area (Å²) in [7, 11) is 0. The summed E-state index contributed by atoms with van der Waals surface area (Å²) >= 11 is 0. The first-order valence-corrected chi connectivity index (χ1v) is 4.13. The fourth-order valence-electron chi connectivity index (χ4n) is 1.11. The van der Waals surface area contributed by atoms with Crippen LogP contribution in [0.4, 0.5) is 8.78 Å². The number of aliphatic carboxylic acids is 1. The monoisotopic (exact) mass is 200 g/mol. The van der Waals surface area contributed by atoms with Crippen LogP contribution in [0.5, 0.6) is 0 Å². The normalized spacial score (nSPS) is 12.9. The molecule has 2 nitrogen and oxygen atoms in total. The van der Waals surface area contributed by atoms with Crippen molar-refractivity contribution in [2.45, 2.75) is 19.3 Å². The molecule has 1 aromatic carbocycles. The number of hydrogen-bond donors (Lipinski definition) is 1. The molecular weight excluding hydrogens is 190 g/mol. The zero-order chi connectivity index (χ0) is 10.7. The number of carboxylic acids is 1. The third-order valence-corrected chi connectivity index (χ3v) is 2.03. The summed E-state index contributed by atoms with van der Waals surface area (Å²) in [6.45, 7) is 1.47. The molecule has 0 fully saturated rings. The van der Waals surface area contributed by atoms with Crippen LogP contribution in [0.25, 0.3) is 0 Å². The maximum Gasteiger partial charge on any atom is 0.310 e. The van der Waals surface area contributed by atoms with Gasteiger partial charge in [0.2, 0.25) is 0 Å². The fraction of sp³-hybridized carbons (Fsp3) is 0.300. The smallest absolute Gasteiger partial charge is 0.310 e. The van der Waals surface area contributed by atoms with Crippen LogP contribution in [0, 0.1) is 0 Å². The molecule has 0 aliphatic rings. The summed E-state index contributed by atoms with van der Waals surface area (Å²) in [4.78, 5) is 10.6. The standard InChI is InChI=1S/C10H10F2O2/c1-6(10(13)14)7-3-2-4-8(5-7)9(11)12/h2-6,9H,1H3,(H,13,14)/t6-/m0/s1. The van der Waals surface area contributed by atoms with Crippen LogP contribution in [-0.4, -0.2) is 11.1 Å². The quantitative estimate of drug-likeness (QED) is 0.814. The van der Waals surface area contributed by atoms with E-state index in [1.165, 1.54) is 31.2 Å². The van der Waals surface area contributed by atoms with E-state index in [2.05, 4.69) is 0 Å². The van der Waals surface area contributed by atoms with Gasteiger partial charge in [-0.1, -0.05) is 18.2 Å². The second kappa shape index (κ2) is 4.17. The van der Waals surface area contributed by atoms with Gasteiger partial charge in [-0.2, -0.15) is 0 Å². The number of rotatable bonds is 3. The van der Waals surface area contributed by atoms with Crippen molar-refractivity contribution in [3.8, 4) is 0 Å². The molecule has 1 rings (SSSR count). The molecule has 0 radical (unpaired) electrons. The second-order valence-corrected chi connectivity index (χ2v) is 3.03. The Bertz CT molecular complexity index is 337. The van der Waals surface area contributed by atoms with Crippen LogP contribution in [0.1, 0.15) is 30.4 Å². The fourth-order valence-corrected chi connectivity index (χ4v) is 1.11. The summed E-state index contributed by atoms with van der Waals surface area (Å²) in [5, 5.41) is 8.68. The Hall–Kier alpha value is -1.45. The van der Waals surface area contributed by atoms with Gasteiger partial charge in [0.05, 0.1) is 5.92 Å². The minimum Gasteiger partial charge on any atom is -0.481 e. The molecule has 0 heterocycles. The Morgan fingerprint density at radius 2 is 1.93 bits per heavy atom. The van der Waals surface area contributed by atoms with E-state index < -0.39 is 18.3 Å². The van der Waals surface area contributed by atoms with Crippen molar-refractivity contribution in [1.29, 1.82) is 0 Å². The molecule has 0 aliphatic heterocycles. The Morgan fingerprint density at radius 1 is 1.36 bits per heavy atom. The van der Waals surface area contributed by atoms with Crippen LogP contribution in [0.15, 0.2) is 24.3 Å². The highest BCUT2D eigenvalue weighted by Gasteiger charge is 2.15. The van der Waals surface area contributed by atoms with Crippen molar-refractivity contribution in [2.75, 3.05) is 0 Å². The minimum absolute atomic E-state index is 0.143. The number of carbonyl (C=O) groups is 1. The first-order valence-electron chi connectivity index (χ1n) is 4.13. The number of hydrogen-bond acceptors (Lipinski definition) is 1. The third-order valence-electron chi connectivity index (χ3n) is 2.03. The van der Waals surface area contributed by atoms with Crippen LogP contribution in [0.2, 0.25) is 0 Å². The largest absolute Gasteiger partial charge is 0.481 e. The van der Waals surface area contributed by atoms with Crippen molar-refractivity contribution in [3.05, 3.63) is 35.4 Å². The minimum atomic E-state index is -2.56. The summed E-state index contributed by atoms with van der Waals surface area (Å²) in [5.41, 5.74) is 0.255. The molecule has 1 aromatic rings. The Kier molecular flexibility index (Phi) is 3.17. The van der Waals surface area contributed by atoms with Gasteiger partial charge in [-0.15, -0.1) is 0 Å². The number of halogens is 2. The van der Waals surface area contributed by atoms with Gasteiger partial charge in [0.15, 0.2) is 0 Å². The predicted molar refractivity (Wildman–Crippen MR) is 47.4 cm³/mol. The van der Waals surface area contributed by atoms with Crippen molar-refractivity contribution >= 4 is 5.97 Å². The van der Waals surface area contributed by atoms with Gasteiger partial charge >= 0.3 is 5.97 Å². The first kappa shape index (κ1) is 10.6. The third kappa shape index (κ3) is 2.28. The zero-order valence-corrected chi connectivity index (χ0v) is 7.58. The Labute approximate surface area is 80.2 Å². The van der Waals surface area contributed by atoms with Gasteiger partial charge < -0.3 is 5.11 Å². The SMILES string of the molecule is C[C@H](C(=O)O)c1cccc(C(F)F)c1. The van der Waals surface area contributed by atoms with E-state index in [1.54, 1.807) is 0 Å². The van der Waals surface area contributed by atoms with Crippen LogP contribution < -0.4 is 0 Å². The van der Waals surface area contributed by atoms with Crippen LogP contribution in [0.3, 0.4) is 0 Å². The lowest BCUT2D eigenvalue weighted by atomic mass is 9.99. The van der Waals surface area contributed by atoms with Crippen molar-refractivity contribution in [2.24, 2.45) is 0 Å².